The largest absolute Gasteiger partial charge is 0.310 e. The van der Waals surface area contributed by atoms with Crippen LogP contribution in [0.1, 0.15) is 0 Å². The number of para-hydroxylation sites is 2. The number of rotatable bonds is 8. The van der Waals surface area contributed by atoms with Gasteiger partial charge < -0.3 is 14.0 Å². The van der Waals surface area contributed by atoms with E-state index in [-0.39, 0.29) is 0 Å². The Labute approximate surface area is 366 Å². The summed E-state index contributed by atoms with van der Waals surface area (Å²) in [6.45, 7) is 0. The van der Waals surface area contributed by atoms with E-state index in [0.29, 0.717) is 0 Å². The monoisotopic (exact) mass is 803 g/mol. The Balaban J connectivity index is 1.14. The number of aromatic nitrogens is 2. The molecule has 0 saturated heterocycles. The quantitative estimate of drug-likeness (QED) is 0.149. The van der Waals surface area contributed by atoms with E-state index in [4.69, 9.17) is 0 Å². The summed E-state index contributed by atoms with van der Waals surface area (Å²) < 4.78 is 4.81. The molecule has 0 bridgehead atoms. The topological polar surface area (TPSA) is 13.1 Å². The molecule has 0 spiro atoms. The van der Waals surface area contributed by atoms with Crippen molar-refractivity contribution in [1.82, 2.24) is 9.13 Å². The third-order valence-electron chi connectivity index (χ3n) is 12.5. The SMILES string of the molecule is c1ccc(-c2cccc(N(c3ccc4c(c3)c3cc(-c5ccccc5)ccc3n4-c3ccccc3)c3ccc4c(c3)c3c(-c5ccccc5)cccc3n4-c3ccccc3)c2)cc1. The third-order valence-corrected chi connectivity index (χ3v) is 12.5. The molecule has 12 rings (SSSR count). The van der Waals surface area contributed by atoms with Crippen LogP contribution in [0.15, 0.2) is 249 Å². The van der Waals surface area contributed by atoms with Crippen molar-refractivity contribution < 1.29 is 0 Å². The average Bonchev–Trinajstić information content (AvgIpc) is 3.87. The van der Waals surface area contributed by atoms with Gasteiger partial charge in [0.05, 0.1) is 22.1 Å². The maximum atomic E-state index is 2.44. The van der Waals surface area contributed by atoms with Crippen LogP contribution in [0.5, 0.6) is 0 Å². The fourth-order valence-electron chi connectivity index (χ4n) is 9.63. The van der Waals surface area contributed by atoms with Gasteiger partial charge in [-0.15, -0.1) is 0 Å². The molecule has 0 radical (unpaired) electrons. The minimum absolute atomic E-state index is 1.08. The summed E-state index contributed by atoms with van der Waals surface area (Å²) in [5.74, 6) is 0. The van der Waals surface area contributed by atoms with Crippen molar-refractivity contribution in [2.45, 2.75) is 0 Å². The molecule has 0 saturated carbocycles. The van der Waals surface area contributed by atoms with E-state index >= 15 is 0 Å². The maximum Gasteiger partial charge on any atom is 0.0547 e. The molecular weight excluding hydrogens is 763 g/mol. The van der Waals surface area contributed by atoms with Gasteiger partial charge in [-0.05, 0) is 124 Å². The van der Waals surface area contributed by atoms with Crippen LogP contribution in [0, 0.1) is 0 Å². The van der Waals surface area contributed by atoms with Crippen molar-refractivity contribution in [3.8, 4) is 44.8 Å². The number of hydrogen-bond donors (Lipinski definition) is 0. The van der Waals surface area contributed by atoms with Gasteiger partial charge in [0.1, 0.15) is 0 Å². The summed E-state index contributed by atoms with van der Waals surface area (Å²) in [4.78, 5) is 2.44. The minimum atomic E-state index is 1.08. The predicted octanol–water partition coefficient (Wildman–Crippen LogP) is 16.4. The van der Waals surface area contributed by atoms with Gasteiger partial charge in [0, 0.05) is 50.0 Å². The highest BCUT2D eigenvalue weighted by Gasteiger charge is 2.22. The fourth-order valence-corrected chi connectivity index (χ4v) is 9.63. The molecular formula is C60H41N3. The number of benzene rings is 10. The van der Waals surface area contributed by atoms with Gasteiger partial charge in [0.15, 0.2) is 0 Å². The van der Waals surface area contributed by atoms with E-state index in [0.717, 1.165) is 39.5 Å². The van der Waals surface area contributed by atoms with Gasteiger partial charge >= 0.3 is 0 Å². The standard InChI is InChI=1S/C60H41N3/c1-6-18-42(19-7-1)45-24-16-29-49(38-45)61(50-33-36-57-54(40-50)53-39-46(43-20-8-2-9-21-43)32-35-56(53)62(57)47-25-12-4-13-26-47)51-34-37-58-55(41-51)60-52(44-22-10-3-11-23-44)30-17-31-59(60)63(58)48-27-14-5-15-28-48/h1-41H. The maximum absolute atomic E-state index is 2.44. The average molecular weight is 804 g/mol. The first-order valence-corrected chi connectivity index (χ1v) is 21.6. The van der Waals surface area contributed by atoms with Crippen molar-refractivity contribution in [3.63, 3.8) is 0 Å². The molecule has 0 amide bonds. The molecule has 0 unspecified atom stereocenters. The first-order valence-electron chi connectivity index (χ1n) is 21.6. The number of hydrogen-bond acceptors (Lipinski definition) is 1. The highest BCUT2D eigenvalue weighted by molar-refractivity contribution is 6.17. The van der Waals surface area contributed by atoms with E-state index in [1.165, 1.54) is 66.0 Å². The molecule has 3 nitrogen and oxygen atoms in total. The van der Waals surface area contributed by atoms with E-state index in [9.17, 15) is 0 Å². The molecule has 2 heterocycles. The summed E-state index contributed by atoms with van der Waals surface area (Å²) in [6.07, 6.45) is 0. The molecule has 0 N–H and O–H groups in total. The lowest BCUT2D eigenvalue weighted by Crippen LogP contribution is -2.10. The predicted molar refractivity (Wildman–Crippen MR) is 266 cm³/mol. The van der Waals surface area contributed by atoms with Crippen LogP contribution in [-0.2, 0) is 0 Å². The lowest BCUT2D eigenvalue weighted by Gasteiger charge is -2.26. The normalized spacial score (nSPS) is 11.5. The van der Waals surface area contributed by atoms with Crippen LogP contribution >= 0.6 is 0 Å². The summed E-state index contributed by atoms with van der Waals surface area (Å²) in [7, 11) is 0. The number of anilines is 3. The van der Waals surface area contributed by atoms with Gasteiger partial charge in [0.25, 0.3) is 0 Å². The van der Waals surface area contributed by atoms with E-state index in [1.807, 2.05) is 0 Å². The molecule has 63 heavy (non-hydrogen) atoms. The van der Waals surface area contributed by atoms with Crippen molar-refractivity contribution in [2.75, 3.05) is 4.90 Å². The second-order valence-electron chi connectivity index (χ2n) is 16.2. The molecule has 0 fully saturated rings. The summed E-state index contributed by atoms with van der Waals surface area (Å²) in [5.41, 5.74) is 17.4. The van der Waals surface area contributed by atoms with Crippen LogP contribution in [0.25, 0.3) is 88.4 Å². The fraction of sp³-hybridized carbons (Fsp3) is 0. The van der Waals surface area contributed by atoms with E-state index in [1.54, 1.807) is 0 Å². The number of nitrogens with zero attached hydrogens (tertiary/aromatic N) is 3. The highest BCUT2D eigenvalue weighted by Crippen LogP contribution is 2.45. The lowest BCUT2D eigenvalue weighted by atomic mass is 9.99. The van der Waals surface area contributed by atoms with Gasteiger partial charge in [0.2, 0.25) is 0 Å². The number of fused-ring (bicyclic) bond motifs is 6. The van der Waals surface area contributed by atoms with Crippen LogP contribution in [-0.4, -0.2) is 9.13 Å². The second-order valence-corrected chi connectivity index (χ2v) is 16.2. The van der Waals surface area contributed by atoms with Crippen LogP contribution in [0.4, 0.5) is 17.1 Å². The molecule has 12 aromatic rings. The zero-order valence-electron chi connectivity index (χ0n) is 34.5. The zero-order valence-corrected chi connectivity index (χ0v) is 34.5. The Hall–Kier alpha value is -8.40. The van der Waals surface area contributed by atoms with Crippen molar-refractivity contribution in [3.05, 3.63) is 249 Å². The molecule has 3 heteroatoms. The Morgan fingerprint density at radius 1 is 0.254 bits per heavy atom. The summed E-state index contributed by atoms with van der Waals surface area (Å²) in [5, 5.41) is 4.84. The van der Waals surface area contributed by atoms with E-state index in [2.05, 4.69) is 263 Å². The Morgan fingerprint density at radius 2 is 0.683 bits per heavy atom. The summed E-state index contributed by atoms with van der Waals surface area (Å²) >= 11 is 0. The lowest BCUT2D eigenvalue weighted by molar-refractivity contribution is 1.18. The minimum Gasteiger partial charge on any atom is -0.310 e. The first kappa shape index (κ1) is 36.5. The second kappa shape index (κ2) is 15.3. The van der Waals surface area contributed by atoms with Crippen LogP contribution in [0.2, 0.25) is 0 Å². The van der Waals surface area contributed by atoms with Crippen LogP contribution < -0.4 is 4.90 Å². The highest BCUT2D eigenvalue weighted by atomic mass is 15.1. The van der Waals surface area contributed by atoms with Gasteiger partial charge in [-0.1, -0.05) is 158 Å². The van der Waals surface area contributed by atoms with Crippen molar-refractivity contribution in [1.29, 1.82) is 0 Å². The zero-order chi connectivity index (χ0) is 41.7. The molecule has 2 aromatic heterocycles. The van der Waals surface area contributed by atoms with Gasteiger partial charge in [-0.2, -0.15) is 0 Å². The Kier molecular flexibility index (Phi) is 8.83. The Bertz CT molecular complexity index is 3590. The molecule has 296 valence electrons. The van der Waals surface area contributed by atoms with Gasteiger partial charge in [-0.25, -0.2) is 0 Å². The first-order chi connectivity index (χ1) is 31.3. The molecule has 0 atom stereocenters. The molecule has 0 aliphatic rings. The summed E-state index contributed by atoms with van der Waals surface area (Å²) in [6, 6.07) is 90.2. The van der Waals surface area contributed by atoms with Crippen molar-refractivity contribution in [2.24, 2.45) is 0 Å². The van der Waals surface area contributed by atoms with Crippen molar-refractivity contribution >= 4 is 60.7 Å². The third kappa shape index (κ3) is 6.29. The Morgan fingerprint density at radius 3 is 1.29 bits per heavy atom. The smallest absolute Gasteiger partial charge is 0.0547 e. The van der Waals surface area contributed by atoms with Crippen LogP contribution in [0.3, 0.4) is 0 Å². The molecule has 0 aliphatic heterocycles. The molecule has 0 aliphatic carbocycles. The van der Waals surface area contributed by atoms with E-state index < -0.39 is 0 Å². The molecule has 10 aromatic carbocycles. The van der Waals surface area contributed by atoms with Gasteiger partial charge in [-0.3, -0.25) is 0 Å².